The second-order valence-corrected chi connectivity index (χ2v) is 8.41. The first-order valence-corrected chi connectivity index (χ1v) is 11.8. The number of nitrogens with one attached hydrogen (secondary N) is 2. The SMILES string of the molecule is CCc1nc2nc(SCc3ccc(OC)c(NC(=O)COC)c3)nc(N3CCOCC3)c2[nH]1. The number of morpholine rings is 1. The molecule has 1 aliphatic rings. The van der Waals surface area contributed by atoms with Crippen LogP contribution in [0.2, 0.25) is 0 Å². The van der Waals surface area contributed by atoms with Crippen LogP contribution in [-0.4, -0.2) is 73.0 Å². The van der Waals surface area contributed by atoms with Crippen molar-refractivity contribution in [2.45, 2.75) is 24.3 Å². The number of H-pyrrole nitrogens is 1. The summed E-state index contributed by atoms with van der Waals surface area (Å²) in [6.45, 7) is 4.93. The molecule has 0 saturated carbocycles. The quantitative estimate of drug-likeness (QED) is 0.358. The van der Waals surface area contributed by atoms with Crippen LogP contribution in [0.3, 0.4) is 0 Å². The maximum absolute atomic E-state index is 12.0. The number of aromatic nitrogens is 4. The normalized spacial score (nSPS) is 14.0. The van der Waals surface area contributed by atoms with Gasteiger partial charge in [-0.1, -0.05) is 24.8 Å². The highest BCUT2D eigenvalue weighted by Crippen LogP contribution is 2.31. The second-order valence-electron chi connectivity index (χ2n) is 7.47. The third-order valence-electron chi connectivity index (χ3n) is 5.19. The molecule has 176 valence electrons. The number of carbonyl (C=O) groups is 1. The zero-order valence-electron chi connectivity index (χ0n) is 19.0. The Morgan fingerprint density at radius 1 is 1.24 bits per heavy atom. The summed E-state index contributed by atoms with van der Waals surface area (Å²) in [5.41, 5.74) is 3.14. The van der Waals surface area contributed by atoms with Crippen LogP contribution in [0.5, 0.6) is 5.75 Å². The van der Waals surface area contributed by atoms with Gasteiger partial charge in [0.15, 0.2) is 16.6 Å². The molecular formula is C22H28N6O4S. The Balaban J connectivity index is 1.57. The number of aromatic amines is 1. The van der Waals surface area contributed by atoms with Gasteiger partial charge in [-0.3, -0.25) is 4.79 Å². The van der Waals surface area contributed by atoms with Gasteiger partial charge in [-0.15, -0.1) is 0 Å². The van der Waals surface area contributed by atoms with Crippen molar-refractivity contribution in [2.24, 2.45) is 0 Å². The molecule has 3 heterocycles. The molecule has 33 heavy (non-hydrogen) atoms. The number of methoxy groups -OCH3 is 2. The molecule has 1 saturated heterocycles. The number of hydrogen-bond acceptors (Lipinski definition) is 9. The van der Waals surface area contributed by atoms with Crippen LogP contribution in [-0.2, 0) is 26.4 Å². The van der Waals surface area contributed by atoms with Gasteiger partial charge in [0.05, 0.1) is 26.0 Å². The lowest BCUT2D eigenvalue weighted by Crippen LogP contribution is -2.37. The fraction of sp³-hybridized carbons (Fsp3) is 0.455. The van der Waals surface area contributed by atoms with E-state index >= 15 is 0 Å². The first kappa shape index (κ1) is 23.3. The number of fused-ring (bicyclic) bond motifs is 1. The Morgan fingerprint density at radius 2 is 2.06 bits per heavy atom. The monoisotopic (exact) mass is 472 g/mol. The zero-order chi connectivity index (χ0) is 23.2. The van der Waals surface area contributed by atoms with Gasteiger partial charge in [0.25, 0.3) is 0 Å². The first-order valence-electron chi connectivity index (χ1n) is 10.8. The summed E-state index contributed by atoms with van der Waals surface area (Å²) in [7, 11) is 3.05. The van der Waals surface area contributed by atoms with Crippen LogP contribution in [0, 0.1) is 0 Å². The number of hydrogen-bond donors (Lipinski definition) is 2. The van der Waals surface area contributed by atoms with Crippen molar-refractivity contribution in [3.05, 3.63) is 29.6 Å². The van der Waals surface area contributed by atoms with Crippen molar-refractivity contribution in [1.29, 1.82) is 0 Å². The van der Waals surface area contributed by atoms with Crippen molar-refractivity contribution in [3.8, 4) is 5.75 Å². The van der Waals surface area contributed by atoms with E-state index in [9.17, 15) is 4.79 Å². The van der Waals surface area contributed by atoms with E-state index in [0.717, 1.165) is 42.2 Å². The predicted molar refractivity (Wildman–Crippen MR) is 127 cm³/mol. The van der Waals surface area contributed by atoms with Crippen LogP contribution in [0.1, 0.15) is 18.3 Å². The number of ether oxygens (including phenoxy) is 3. The van der Waals surface area contributed by atoms with E-state index in [1.54, 1.807) is 7.11 Å². The summed E-state index contributed by atoms with van der Waals surface area (Å²) in [4.78, 5) is 31.7. The zero-order valence-corrected chi connectivity index (χ0v) is 19.8. The molecule has 1 fully saturated rings. The number of carbonyl (C=O) groups excluding carboxylic acids is 1. The largest absolute Gasteiger partial charge is 0.495 e. The maximum atomic E-state index is 12.0. The summed E-state index contributed by atoms with van der Waals surface area (Å²) in [6.07, 6.45) is 0.796. The van der Waals surface area contributed by atoms with Crippen LogP contribution in [0.4, 0.5) is 11.5 Å². The first-order chi connectivity index (χ1) is 16.1. The van der Waals surface area contributed by atoms with E-state index in [4.69, 9.17) is 19.2 Å². The van der Waals surface area contributed by atoms with Crippen LogP contribution >= 0.6 is 11.8 Å². The lowest BCUT2D eigenvalue weighted by molar-refractivity contribution is -0.119. The Bertz CT molecular complexity index is 1120. The molecule has 0 aliphatic carbocycles. The number of benzene rings is 1. The van der Waals surface area contributed by atoms with Gasteiger partial charge >= 0.3 is 0 Å². The smallest absolute Gasteiger partial charge is 0.250 e. The van der Waals surface area contributed by atoms with Gasteiger partial charge in [0.1, 0.15) is 23.7 Å². The summed E-state index contributed by atoms with van der Waals surface area (Å²) < 4.78 is 15.8. The maximum Gasteiger partial charge on any atom is 0.250 e. The molecule has 3 aromatic rings. The topological polar surface area (TPSA) is 114 Å². The molecule has 11 heteroatoms. The summed E-state index contributed by atoms with van der Waals surface area (Å²) in [5, 5.41) is 3.48. The molecule has 1 amide bonds. The molecule has 0 atom stereocenters. The lowest BCUT2D eigenvalue weighted by atomic mass is 10.2. The number of rotatable bonds is 9. The minimum absolute atomic E-state index is 0.0241. The van der Waals surface area contributed by atoms with Gasteiger partial charge < -0.3 is 29.4 Å². The number of amides is 1. The lowest BCUT2D eigenvalue weighted by Gasteiger charge is -2.28. The standard InChI is InChI=1S/C22H28N6O4S/c1-4-17-24-19-20(25-17)26-22(27-21(19)28-7-9-32-10-8-28)33-13-14-5-6-16(31-3)15(11-14)23-18(29)12-30-2/h5-6,11H,4,7-10,12-13H2,1-3H3,(H,23,29)(H,24,25,26,27). The molecular weight excluding hydrogens is 444 g/mol. The minimum atomic E-state index is -0.241. The third-order valence-corrected chi connectivity index (χ3v) is 6.11. The molecule has 10 nitrogen and oxygen atoms in total. The van der Waals surface area contributed by atoms with Crippen molar-refractivity contribution in [2.75, 3.05) is 57.3 Å². The highest BCUT2D eigenvalue weighted by Gasteiger charge is 2.20. The van der Waals surface area contributed by atoms with Gasteiger partial charge in [0.2, 0.25) is 5.91 Å². The van der Waals surface area contributed by atoms with Crippen LogP contribution < -0.4 is 15.0 Å². The van der Waals surface area contributed by atoms with E-state index in [1.807, 2.05) is 18.2 Å². The van der Waals surface area contributed by atoms with Crippen molar-refractivity contribution < 1.29 is 19.0 Å². The average Bonchev–Trinajstić information content (AvgIpc) is 3.26. The number of imidazole rings is 1. The van der Waals surface area contributed by atoms with Crippen LogP contribution in [0.25, 0.3) is 11.2 Å². The summed E-state index contributed by atoms with van der Waals surface area (Å²) in [5.74, 6) is 2.72. The Kier molecular flexibility index (Phi) is 7.63. The second kappa shape index (κ2) is 10.8. The number of thioether (sulfide) groups is 1. The van der Waals surface area contributed by atoms with E-state index in [0.29, 0.717) is 41.2 Å². The van der Waals surface area contributed by atoms with E-state index in [-0.39, 0.29) is 12.5 Å². The fourth-order valence-electron chi connectivity index (χ4n) is 3.55. The van der Waals surface area contributed by atoms with Crippen molar-refractivity contribution >= 4 is 40.3 Å². The highest BCUT2D eigenvalue weighted by atomic mass is 32.2. The van der Waals surface area contributed by atoms with Crippen molar-refractivity contribution in [1.82, 2.24) is 19.9 Å². The minimum Gasteiger partial charge on any atom is -0.495 e. The third kappa shape index (κ3) is 5.55. The average molecular weight is 473 g/mol. The van der Waals surface area contributed by atoms with Gasteiger partial charge in [-0.2, -0.15) is 0 Å². The van der Waals surface area contributed by atoms with E-state index < -0.39 is 0 Å². The van der Waals surface area contributed by atoms with E-state index in [2.05, 4.69) is 32.1 Å². The molecule has 0 unspecified atom stereocenters. The molecule has 4 rings (SSSR count). The molecule has 0 bridgehead atoms. The predicted octanol–water partition coefficient (Wildman–Crippen LogP) is 2.64. The summed E-state index contributed by atoms with van der Waals surface area (Å²) >= 11 is 1.52. The molecule has 0 spiro atoms. The molecule has 2 N–H and O–H groups in total. The molecule has 0 radical (unpaired) electrons. The van der Waals surface area contributed by atoms with E-state index in [1.165, 1.54) is 18.9 Å². The van der Waals surface area contributed by atoms with Gasteiger partial charge in [-0.05, 0) is 17.7 Å². The highest BCUT2D eigenvalue weighted by molar-refractivity contribution is 7.98. The number of nitrogens with zero attached hydrogens (tertiary/aromatic N) is 4. The van der Waals surface area contributed by atoms with Gasteiger partial charge in [-0.25, -0.2) is 15.0 Å². The Morgan fingerprint density at radius 3 is 2.79 bits per heavy atom. The fourth-order valence-corrected chi connectivity index (χ4v) is 4.33. The number of anilines is 2. The molecule has 1 aliphatic heterocycles. The molecule has 2 aromatic heterocycles. The summed E-state index contributed by atoms with van der Waals surface area (Å²) in [6, 6.07) is 5.69. The number of aryl methyl sites for hydroxylation is 1. The Hall–Kier alpha value is -2.89. The Labute approximate surface area is 196 Å². The van der Waals surface area contributed by atoms with Crippen molar-refractivity contribution in [3.63, 3.8) is 0 Å². The van der Waals surface area contributed by atoms with Gasteiger partial charge in [0, 0.05) is 32.4 Å². The van der Waals surface area contributed by atoms with Crippen LogP contribution in [0.15, 0.2) is 23.4 Å². The molecule has 1 aromatic carbocycles.